The Morgan fingerprint density at radius 2 is 1.63 bits per heavy atom. The molecule has 0 heterocycles. The molecule has 0 aromatic heterocycles. The summed E-state index contributed by atoms with van der Waals surface area (Å²) in [5.74, 6) is -5.53. The third-order valence-corrected chi connectivity index (χ3v) is 7.59. The molecular weight excluding hydrogens is 586 g/mol. The summed E-state index contributed by atoms with van der Waals surface area (Å²) in [5.41, 5.74) is -1.05. The second kappa shape index (κ2) is 11.4. The number of nitrogens with one attached hydrogen (secondary N) is 3. The van der Waals surface area contributed by atoms with E-state index in [0.717, 1.165) is 23.9 Å². The first-order valence-corrected chi connectivity index (χ1v) is 13.0. The molecule has 4 rings (SSSR count). The summed E-state index contributed by atoms with van der Waals surface area (Å²) in [6, 6.07) is 11.3. The molecule has 3 aromatic rings. The summed E-state index contributed by atoms with van der Waals surface area (Å²) in [6.07, 6.45) is 0.288. The summed E-state index contributed by atoms with van der Waals surface area (Å²) in [4.78, 5) is 38.0. The van der Waals surface area contributed by atoms with E-state index in [1.165, 1.54) is 42.5 Å². The molecule has 38 heavy (non-hydrogen) atoms. The molecule has 0 radical (unpaired) electrons. The molecule has 1 atom stereocenters. The van der Waals surface area contributed by atoms with Crippen molar-refractivity contribution >= 4 is 81.3 Å². The Hall–Kier alpha value is -2.92. The van der Waals surface area contributed by atoms with Crippen LogP contribution in [0.25, 0.3) is 0 Å². The molecule has 0 saturated heterocycles. The zero-order chi connectivity index (χ0) is 27.6. The van der Waals surface area contributed by atoms with Gasteiger partial charge < -0.3 is 16.0 Å². The zero-order valence-corrected chi connectivity index (χ0v) is 22.2. The van der Waals surface area contributed by atoms with Gasteiger partial charge in [-0.1, -0.05) is 11.6 Å². The van der Waals surface area contributed by atoms with E-state index in [1.54, 1.807) is 0 Å². The molecule has 1 saturated carbocycles. The lowest BCUT2D eigenvalue weighted by atomic mass is 10.1. The van der Waals surface area contributed by atoms with Gasteiger partial charge in [0.2, 0.25) is 11.8 Å². The maximum absolute atomic E-state index is 15.1. The van der Waals surface area contributed by atoms with Crippen LogP contribution in [0.1, 0.15) is 16.8 Å². The number of anilines is 3. The lowest BCUT2D eigenvalue weighted by Gasteiger charge is -2.13. The van der Waals surface area contributed by atoms with Gasteiger partial charge in [-0.15, -0.1) is 35.0 Å². The molecule has 3 amide bonds. The standard InChI is InChI=1S/C25H17Cl3F3N3O3S/c26-17-6-3-13(32-24(37)16-10-25(16,27)28)9-15(17)23(36)33-19-8-7-18(30)22(21(19)31)34-20(35)11-38-14-4-1-12(29)2-5-14/h1-9,16H,10-11H2,(H,32,37)(H,33,36)(H,34,35). The first kappa shape index (κ1) is 28.1. The Balaban J connectivity index is 1.44. The van der Waals surface area contributed by atoms with E-state index >= 15 is 4.39 Å². The lowest BCUT2D eigenvalue weighted by Crippen LogP contribution is -2.19. The van der Waals surface area contributed by atoms with E-state index in [-0.39, 0.29) is 28.4 Å². The highest BCUT2D eigenvalue weighted by molar-refractivity contribution is 8.00. The topological polar surface area (TPSA) is 87.3 Å². The fraction of sp³-hybridized carbons (Fsp3) is 0.160. The molecule has 1 unspecified atom stereocenters. The van der Waals surface area contributed by atoms with Crippen LogP contribution < -0.4 is 16.0 Å². The van der Waals surface area contributed by atoms with Crippen LogP contribution in [0.15, 0.2) is 59.5 Å². The van der Waals surface area contributed by atoms with Crippen molar-refractivity contribution in [1.82, 2.24) is 0 Å². The number of hydrogen-bond acceptors (Lipinski definition) is 4. The maximum atomic E-state index is 15.1. The van der Waals surface area contributed by atoms with Crippen LogP contribution in [0, 0.1) is 23.4 Å². The minimum Gasteiger partial charge on any atom is -0.326 e. The van der Waals surface area contributed by atoms with Gasteiger partial charge in [-0.25, -0.2) is 13.2 Å². The lowest BCUT2D eigenvalue weighted by molar-refractivity contribution is -0.117. The fourth-order valence-corrected chi connectivity index (χ4v) is 4.72. The maximum Gasteiger partial charge on any atom is 0.257 e. The van der Waals surface area contributed by atoms with Crippen LogP contribution in [0.3, 0.4) is 0 Å². The summed E-state index contributed by atoms with van der Waals surface area (Å²) in [6.45, 7) is 0. The molecule has 3 aromatic carbocycles. The van der Waals surface area contributed by atoms with E-state index in [0.29, 0.717) is 4.90 Å². The van der Waals surface area contributed by atoms with Crippen LogP contribution in [0.5, 0.6) is 0 Å². The second-order valence-electron chi connectivity index (χ2n) is 8.23. The van der Waals surface area contributed by atoms with E-state index in [9.17, 15) is 23.2 Å². The van der Waals surface area contributed by atoms with Crippen molar-refractivity contribution in [3.63, 3.8) is 0 Å². The number of benzene rings is 3. The van der Waals surface area contributed by atoms with Gasteiger partial charge in [-0.05, 0) is 61.0 Å². The Morgan fingerprint density at radius 3 is 2.29 bits per heavy atom. The molecule has 6 nitrogen and oxygen atoms in total. The molecule has 1 aliphatic rings. The Kier molecular flexibility index (Phi) is 8.46. The average molecular weight is 603 g/mol. The van der Waals surface area contributed by atoms with Crippen LogP contribution >= 0.6 is 46.6 Å². The number of thioether (sulfide) groups is 1. The third kappa shape index (κ3) is 6.74. The van der Waals surface area contributed by atoms with Crippen molar-refractivity contribution < 1.29 is 27.6 Å². The SMILES string of the molecule is O=C(CSc1ccc(F)cc1)Nc1c(F)ccc(NC(=O)c2cc(NC(=O)C3CC3(Cl)Cl)ccc2Cl)c1F. The van der Waals surface area contributed by atoms with Crippen LogP contribution in [0.2, 0.25) is 5.02 Å². The highest BCUT2D eigenvalue weighted by atomic mass is 35.5. The van der Waals surface area contributed by atoms with Gasteiger partial charge in [-0.2, -0.15) is 0 Å². The molecule has 3 N–H and O–H groups in total. The van der Waals surface area contributed by atoms with Gasteiger partial charge in [-0.3, -0.25) is 14.4 Å². The molecule has 0 spiro atoms. The molecule has 198 valence electrons. The van der Waals surface area contributed by atoms with Crippen molar-refractivity contribution in [3.05, 3.63) is 82.6 Å². The van der Waals surface area contributed by atoms with Crippen molar-refractivity contribution in [1.29, 1.82) is 0 Å². The number of hydrogen-bond donors (Lipinski definition) is 3. The van der Waals surface area contributed by atoms with Gasteiger partial charge >= 0.3 is 0 Å². The van der Waals surface area contributed by atoms with Crippen molar-refractivity contribution in [2.45, 2.75) is 15.6 Å². The second-order valence-corrected chi connectivity index (χ2v) is 11.2. The number of alkyl halides is 2. The fourth-order valence-electron chi connectivity index (χ4n) is 3.31. The largest absolute Gasteiger partial charge is 0.326 e. The van der Waals surface area contributed by atoms with Gasteiger partial charge in [0.05, 0.1) is 27.9 Å². The highest BCUT2D eigenvalue weighted by Gasteiger charge is 2.56. The zero-order valence-electron chi connectivity index (χ0n) is 19.1. The monoisotopic (exact) mass is 601 g/mol. The van der Waals surface area contributed by atoms with Gasteiger partial charge in [0.15, 0.2) is 5.82 Å². The quantitative estimate of drug-likeness (QED) is 0.194. The predicted octanol–water partition coefficient (Wildman–Crippen LogP) is 6.87. The Bertz CT molecular complexity index is 1420. The van der Waals surface area contributed by atoms with Crippen LogP contribution in [0.4, 0.5) is 30.2 Å². The van der Waals surface area contributed by atoms with Gasteiger partial charge in [0.1, 0.15) is 21.7 Å². The Morgan fingerprint density at radius 1 is 0.947 bits per heavy atom. The van der Waals surface area contributed by atoms with E-state index in [4.69, 9.17) is 34.8 Å². The number of rotatable bonds is 8. The van der Waals surface area contributed by atoms with E-state index < -0.39 is 56.8 Å². The highest BCUT2D eigenvalue weighted by Crippen LogP contribution is 2.53. The van der Waals surface area contributed by atoms with Crippen molar-refractivity contribution in [2.75, 3.05) is 21.7 Å². The summed E-state index contributed by atoms with van der Waals surface area (Å²) < 4.78 is 41.3. The number of amides is 3. The molecular formula is C25H17Cl3F3N3O3S. The normalized spacial score (nSPS) is 15.5. The van der Waals surface area contributed by atoms with E-state index in [2.05, 4.69) is 16.0 Å². The number of carbonyl (C=O) groups is 3. The Labute approximate surface area is 234 Å². The predicted molar refractivity (Wildman–Crippen MR) is 143 cm³/mol. The molecule has 13 heteroatoms. The minimum atomic E-state index is -1.21. The summed E-state index contributed by atoms with van der Waals surface area (Å²) >= 11 is 19.0. The first-order valence-electron chi connectivity index (χ1n) is 10.9. The van der Waals surface area contributed by atoms with Crippen molar-refractivity contribution in [3.8, 4) is 0 Å². The minimum absolute atomic E-state index is 0.00446. The van der Waals surface area contributed by atoms with Gasteiger partial charge in [0, 0.05) is 10.6 Å². The molecule has 1 fully saturated rings. The molecule has 0 bridgehead atoms. The van der Waals surface area contributed by atoms with Crippen molar-refractivity contribution in [2.24, 2.45) is 5.92 Å². The van der Waals surface area contributed by atoms with E-state index in [1.807, 2.05) is 0 Å². The smallest absolute Gasteiger partial charge is 0.257 e. The van der Waals surface area contributed by atoms with Crippen LogP contribution in [-0.2, 0) is 9.59 Å². The molecule has 1 aliphatic carbocycles. The first-order chi connectivity index (χ1) is 17.9. The molecule has 0 aliphatic heterocycles. The average Bonchev–Trinajstić information content (AvgIpc) is 3.52. The van der Waals surface area contributed by atoms with Gasteiger partial charge in [0.25, 0.3) is 5.91 Å². The third-order valence-electron chi connectivity index (χ3n) is 5.41. The summed E-state index contributed by atoms with van der Waals surface area (Å²) in [7, 11) is 0. The van der Waals surface area contributed by atoms with Crippen LogP contribution in [-0.4, -0.2) is 27.8 Å². The summed E-state index contributed by atoms with van der Waals surface area (Å²) in [5, 5.41) is 7.02. The number of halogens is 6. The number of carbonyl (C=O) groups excluding carboxylic acids is 3.